The molecule has 2 aromatic heterocycles. The van der Waals surface area contributed by atoms with E-state index in [2.05, 4.69) is 15.3 Å². The first-order chi connectivity index (χ1) is 12.7. The number of nitrogens with one attached hydrogen (secondary N) is 1. The zero-order chi connectivity index (χ0) is 17.9. The second-order valence-corrected chi connectivity index (χ2v) is 6.77. The van der Waals surface area contributed by atoms with E-state index in [1.807, 2.05) is 71.5 Å². The third-order valence-corrected chi connectivity index (χ3v) is 4.64. The van der Waals surface area contributed by atoms with Gasteiger partial charge in [-0.3, -0.25) is 14.7 Å². The number of carbonyl (C=O) groups excluding carboxylic acids is 1. The van der Waals surface area contributed by atoms with Crippen LogP contribution in [-0.4, -0.2) is 20.4 Å². The number of imidazole rings is 1. The second-order valence-electron chi connectivity index (χ2n) is 5.71. The maximum atomic E-state index is 12.4. The van der Waals surface area contributed by atoms with Crippen molar-refractivity contribution in [1.29, 1.82) is 0 Å². The van der Waals surface area contributed by atoms with Crippen LogP contribution in [0.15, 0.2) is 66.1 Å². The molecule has 0 saturated heterocycles. The molecule has 0 radical (unpaired) electrons. The Kier molecular flexibility index (Phi) is 4.33. The summed E-state index contributed by atoms with van der Waals surface area (Å²) in [6, 6.07) is 17.6. The molecule has 0 bridgehead atoms. The minimum absolute atomic E-state index is 0.247. The summed E-state index contributed by atoms with van der Waals surface area (Å²) in [6.07, 6.45) is 3.18. The van der Waals surface area contributed by atoms with Gasteiger partial charge in [0, 0.05) is 17.1 Å². The lowest BCUT2D eigenvalue weighted by atomic mass is 10.3. The summed E-state index contributed by atoms with van der Waals surface area (Å²) in [6.45, 7) is 1.93. The highest BCUT2D eigenvalue weighted by atomic mass is 32.1. The molecule has 6 heteroatoms. The summed E-state index contributed by atoms with van der Waals surface area (Å²) >= 11 is 1.55. The fraction of sp³-hybridized carbons (Fsp3) is 0.0500. The summed E-state index contributed by atoms with van der Waals surface area (Å²) < 4.78 is 1.94. The van der Waals surface area contributed by atoms with Gasteiger partial charge in [-0.05, 0) is 37.3 Å². The quantitative estimate of drug-likeness (QED) is 0.547. The predicted octanol–water partition coefficient (Wildman–Crippen LogP) is 4.44. The van der Waals surface area contributed by atoms with E-state index in [9.17, 15) is 4.79 Å². The molecule has 2 heterocycles. The van der Waals surface area contributed by atoms with Gasteiger partial charge in [-0.2, -0.15) is 0 Å². The second kappa shape index (κ2) is 6.93. The number of anilines is 1. The molecule has 4 rings (SSSR count). The molecule has 0 aliphatic rings. The van der Waals surface area contributed by atoms with E-state index in [1.54, 1.807) is 17.4 Å². The van der Waals surface area contributed by atoms with Crippen LogP contribution >= 0.6 is 11.3 Å². The van der Waals surface area contributed by atoms with E-state index in [1.165, 1.54) is 6.08 Å². The summed E-state index contributed by atoms with van der Waals surface area (Å²) in [5.41, 5.74) is 3.48. The largest absolute Gasteiger partial charge is 0.292 e. The third kappa shape index (κ3) is 3.27. The number of rotatable bonds is 4. The molecule has 1 N–H and O–H groups in total. The number of hydrogen-bond donors (Lipinski definition) is 1. The number of nitrogens with zero attached hydrogens (tertiary/aromatic N) is 3. The molecular formula is C20H16N4OS. The van der Waals surface area contributed by atoms with Gasteiger partial charge >= 0.3 is 0 Å². The third-order valence-electron chi connectivity index (χ3n) is 3.85. The number of benzene rings is 2. The van der Waals surface area contributed by atoms with E-state index >= 15 is 0 Å². The summed E-state index contributed by atoms with van der Waals surface area (Å²) in [5, 5.41) is 5.76. The van der Waals surface area contributed by atoms with Crippen LogP contribution < -0.4 is 5.32 Å². The zero-order valence-corrected chi connectivity index (χ0v) is 14.9. The van der Waals surface area contributed by atoms with Crippen LogP contribution in [0.4, 0.5) is 5.95 Å². The number of amides is 1. The molecule has 0 aliphatic carbocycles. The van der Waals surface area contributed by atoms with Gasteiger partial charge in [-0.15, -0.1) is 11.3 Å². The van der Waals surface area contributed by atoms with Crippen LogP contribution in [-0.2, 0) is 4.79 Å². The topological polar surface area (TPSA) is 59.8 Å². The van der Waals surface area contributed by atoms with Crippen molar-refractivity contribution in [3.05, 3.63) is 76.8 Å². The predicted molar refractivity (Wildman–Crippen MR) is 106 cm³/mol. The van der Waals surface area contributed by atoms with Crippen molar-refractivity contribution in [1.82, 2.24) is 14.5 Å². The lowest BCUT2D eigenvalue weighted by Gasteiger charge is -2.09. The highest BCUT2D eigenvalue weighted by Gasteiger charge is 2.13. The Bertz CT molecular complexity index is 1100. The number of hydrogen-bond acceptors (Lipinski definition) is 4. The maximum absolute atomic E-state index is 12.4. The Morgan fingerprint density at radius 2 is 1.85 bits per heavy atom. The van der Waals surface area contributed by atoms with Crippen LogP contribution in [0.3, 0.4) is 0 Å². The van der Waals surface area contributed by atoms with E-state index in [0.29, 0.717) is 5.95 Å². The van der Waals surface area contributed by atoms with Crippen LogP contribution in [0.25, 0.3) is 22.8 Å². The number of thiazole rings is 1. The lowest BCUT2D eigenvalue weighted by molar-refractivity contribution is -0.111. The Morgan fingerprint density at radius 1 is 1.08 bits per heavy atom. The SMILES string of the molecule is Cc1nc(C=CC(=O)Nc2nc3ccccc3n2-c2ccccc2)cs1. The average molecular weight is 360 g/mol. The fourth-order valence-corrected chi connectivity index (χ4v) is 3.30. The lowest BCUT2D eigenvalue weighted by Crippen LogP contribution is -2.12. The number of fused-ring (bicyclic) bond motifs is 1. The molecule has 0 saturated carbocycles. The van der Waals surface area contributed by atoms with Crippen molar-refractivity contribution in [2.24, 2.45) is 0 Å². The van der Waals surface area contributed by atoms with Crippen molar-refractivity contribution >= 4 is 40.3 Å². The van der Waals surface area contributed by atoms with Gasteiger partial charge < -0.3 is 0 Å². The van der Waals surface area contributed by atoms with Crippen LogP contribution in [0.2, 0.25) is 0 Å². The maximum Gasteiger partial charge on any atom is 0.250 e. The first-order valence-electron chi connectivity index (χ1n) is 8.15. The first kappa shape index (κ1) is 16.2. The zero-order valence-electron chi connectivity index (χ0n) is 14.1. The van der Waals surface area contributed by atoms with Gasteiger partial charge in [0.25, 0.3) is 5.91 Å². The van der Waals surface area contributed by atoms with E-state index in [4.69, 9.17) is 0 Å². The smallest absolute Gasteiger partial charge is 0.250 e. The molecule has 0 unspecified atom stereocenters. The average Bonchev–Trinajstić information content (AvgIpc) is 3.23. The molecule has 1 amide bonds. The molecule has 4 aromatic rings. The Hall–Kier alpha value is -3.25. The van der Waals surface area contributed by atoms with Gasteiger partial charge in [0.2, 0.25) is 5.95 Å². The highest BCUT2D eigenvalue weighted by Crippen LogP contribution is 2.24. The minimum Gasteiger partial charge on any atom is -0.292 e. The van der Waals surface area contributed by atoms with Crippen LogP contribution in [0, 0.1) is 6.92 Å². The molecular weight excluding hydrogens is 344 g/mol. The van der Waals surface area contributed by atoms with Crippen molar-refractivity contribution in [3.8, 4) is 5.69 Å². The number of para-hydroxylation sites is 3. The molecule has 128 valence electrons. The van der Waals surface area contributed by atoms with Gasteiger partial charge in [0.05, 0.1) is 21.7 Å². The summed E-state index contributed by atoms with van der Waals surface area (Å²) in [4.78, 5) is 21.3. The standard InChI is InChI=1S/C20H16N4OS/c1-14-21-15(13-26-14)11-12-19(25)23-20-22-17-9-5-6-10-18(17)24(20)16-7-3-2-4-8-16/h2-13H,1H3,(H,22,23,25). The van der Waals surface area contributed by atoms with Gasteiger partial charge in [-0.1, -0.05) is 30.3 Å². The molecule has 0 atom stereocenters. The molecule has 0 aliphatic heterocycles. The van der Waals surface area contributed by atoms with E-state index < -0.39 is 0 Å². The van der Waals surface area contributed by atoms with Crippen molar-refractivity contribution < 1.29 is 4.79 Å². The monoisotopic (exact) mass is 360 g/mol. The fourth-order valence-electron chi connectivity index (χ4n) is 2.72. The minimum atomic E-state index is -0.247. The Labute approximate surface area is 154 Å². The highest BCUT2D eigenvalue weighted by molar-refractivity contribution is 7.09. The normalized spacial score (nSPS) is 11.3. The van der Waals surface area contributed by atoms with Gasteiger partial charge in [0.1, 0.15) is 0 Å². The Morgan fingerprint density at radius 3 is 2.62 bits per heavy atom. The molecule has 0 fully saturated rings. The summed E-state index contributed by atoms with van der Waals surface area (Å²) in [7, 11) is 0. The molecule has 2 aromatic carbocycles. The van der Waals surface area contributed by atoms with Gasteiger partial charge in [0.15, 0.2) is 0 Å². The number of carbonyl (C=O) groups is 1. The van der Waals surface area contributed by atoms with E-state index in [0.717, 1.165) is 27.4 Å². The van der Waals surface area contributed by atoms with Crippen molar-refractivity contribution in [3.63, 3.8) is 0 Å². The van der Waals surface area contributed by atoms with Crippen LogP contribution in [0.5, 0.6) is 0 Å². The first-order valence-corrected chi connectivity index (χ1v) is 9.03. The van der Waals surface area contributed by atoms with Crippen LogP contribution in [0.1, 0.15) is 10.7 Å². The molecule has 0 spiro atoms. The molecule has 5 nitrogen and oxygen atoms in total. The van der Waals surface area contributed by atoms with Crippen molar-refractivity contribution in [2.45, 2.75) is 6.92 Å². The summed E-state index contributed by atoms with van der Waals surface area (Å²) in [5.74, 6) is 0.240. The Balaban J connectivity index is 1.68. The van der Waals surface area contributed by atoms with Gasteiger partial charge in [-0.25, -0.2) is 9.97 Å². The van der Waals surface area contributed by atoms with E-state index in [-0.39, 0.29) is 5.91 Å². The number of aromatic nitrogens is 3. The number of aryl methyl sites for hydroxylation is 1. The molecule has 26 heavy (non-hydrogen) atoms. The van der Waals surface area contributed by atoms with Crippen molar-refractivity contribution in [2.75, 3.05) is 5.32 Å².